The number of hydrogen-bond donors (Lipinski definition) is 3. The highest BCUT2D eigenvalue weighted by Gasteiger charge is 2.46. The number of amides is 1. The molecule has 0 aliphatic carbocycles. The number of ether oxygens (including phenoxy) is 2. The van der Waals surface area contributed by atoms with E-state index in [-0.39, 0.29) is 11.4 Å². The summed E-state index contributed by atoms with van der Waals surface area (Å²) in [5.74, 6) is -3.43. The standard InChI is InChI=1S/C21H24F2N2O5/c1-21(2)8-13(12-5-6-14(22)17(23)18(12)29-3)19(30-21)20(28)25-11-4-7-15(24-9-11)16(27)10-26/h4-7,9,13,16,19,26-27H,8,10H2,1-3H3,(H,25,28)/t13-,16+,19+/m0/s1. The smallest absolute Gasteiger partial charge is 0.254 e. The van der Waals surface area contributed by atoms with E-state index in [0.29, 0.717) is 17.7 Å². The second kappa shape index (κ2) is 8.63. The van der Waals surface area contributed by atoms with Crippen molar-refractivity contribution in [1.29, 1.82) is 0 Å². The van der Waals surface area contributed by atoms with Gasteiger partial charge in [-0.25, -0.2) is 4.39 Å². The SMILES string of the molecule is COc1c([C@@H]2CC(C)(C)O[C@H]2C(=O)Nc2ccc([C@H](O)CO)nc2)ccc(F)c1F. The van der Waals surface area contributed by atoms with Crippen molar-refractivity contribution in [3.05, 3.63) is 53.4 Å². The van der Waals surface area contributed by atoms with Gasteiger partial charge in [-0.3, -0.25) is 9.78 Å². The first-order valence-corrected chi connectivity index (χ1v) is 9.42. The van der Waals surface area contributed by atoms with Gasteiger partial charge in [0.05, 0.1) is 36.9 Å². The molecular weight excluding hydrogens is 398 g/mol. The summed E-state index contributed by atoms with van der Waals surface area (Å²) in [4.78, 5) is 17.0. The van der Waals surface area contributed by atoms with E-state index in [1.165, 1.54) is 31.5 Å². The molecule has 0 bridgehead atoms. The molecule has 9 heteroatoms. The van der Waals surface area contributed by atoms with Gasteiger partial charge in [0.1, 0.15) is 12.2 Å². The molecule has 7 nitrogen and oxygen atoms in total. The predicted octanol–water partition coefficient (Wildman–Crippen LogP) is 2.68. The number of carbonyl (C=O) groups is 1. The number of rotatable bonds is 6. The summed E-state index contributed by atoms with van der Waals surface area (Å²) in [6, 6.07) is 5.42. The van der Waals surface area contributed by atoms with E-state index in [1.54, 1.807) is 0 Å². The fraction of sp³-hybridized carbons (Fsp3) is 0.429. The third kappa shape index (κ3) is 4.43. The number of methoxy groups -OCH3 is 1. The van der Waals surface area contributed by atoms with Gasteiger partial charge in [0.15, 0.2) is 11.6 Å². The molecule has 1 fully saturated rings. The third-order valence-electron chi connectivity index (χ3n) is 5.03. The number of pyridine rings is 1. The van der Waals surface area contributed by atoms with Crippen molar-refractivity contribution in [2.75, 3.05) is 19.0 Å². The number of aliphatic hydroxyl groups is 2. The van der Waals surface area contributed by atoms with Crippen LogP contribution in [0.25, 0.3) is 0 Å². The van der Waals surface area contributed by atoms with Crippen LogP contribution in [0.2, 0.25) is 0 Å². The molecule has 1 amide bonds. The molecule has 1 saturated heterocycles. The lowest BCUT2D eigenvalue weighted by Gasteiger charge is -2.21. The Kier molecular flexibility index (Phi) is 6.35. The van der Waals surface area contributed by atoms with Gasteiger partial charge >= 0.3 is 0 Å². The maximum atomic E-state index is 14.2. The molecule has 0 saturated carbocycles. The number of aromatic nitrogens is 1. The largest absolute Gasteiger partial charge is 0.493 e. The van der Waals surface area contributed by atoms with Gasteiger partial charge in [-0.05, 0) is 38.5 Å². The van der Waals surface area contributed by atoms with Gasteiger partial charge in [-0.1, -0.05) is 6.07 Å². The Morgan fingerprint density at radius 2 is 2.10 bits per heavy atom. The van der Waals surface area contributed by atoms with Crippen molar-refractivity contribution in [3.8, 4) is 5.75 Å². The second-order valence-electron chi connectivity index (χ2n) is 7.75. The molecule has 0 unspecified atom stereocenters. The van der Waals surface area contributed by atoms with Gasteiger partial charge in [0.25, 0.3) is 5.91 Å². The Labute approximate surface area is 172 Å². The molecule has 0 radical (unpaired) electrons. The second-order valence-corrected chi connectivity index (χ2v) is 7.75. The minimum atomic E-state index is -1.11. The van der Waals surface area contributed by atoms with Crippen LogP contribution in [0.15, 0.2) is 30.5 Å². The van der Waals surface area contributed by atoms with Crippen LogP contribution in [0.5, 0.6) is 5.75 Å². The van der Waals surface area contributed by atoms with Crippen LogP contribution in [0, 0.1) is 11.6 Å². The van der Waals surface area contributed by atoms with Crippen LogP contribution in [0.3, 0.4) is 0 Å². The summed E-state index contributed by atoms with van der Waals surface area (Å²) in [6.07, 6.45) is -0.341. The lowest BCUT2D eigenvalue weighted by molar-refractivity contribution is -0.130. The Morgan fingerprint density at radius 1 is 1.37 bits per heavy atom. The van der Waals surface area contributed by atoms with Crippen LogP contribution < -0.4 is 10.1 Å². The molecule has 3 atom stereocenters. The Morgan fingerprint density at radius 3 is 2.70 bits per heavy atom. The van der Waals surface area contributed by atoms with E-state index in [4.69, 9.17) is 14.6 Å². The number of halogens is 2. The topological polar surface area (TPSA) is 101 Å². The third-order valence-corrected chi connectivity index (χ3v) is 5.03. The Hall–Kier alpha value is -2.62. The molecule has 1 aliphatic rings. The van der Waals surface area contributed by atoms with Crippen LogP contribution in [-0.2, 0) is 9.53 Å². The fourth-order valence-corrected chi connectivity index (χ4v) is 3.65. The van der Waals surface area contributed by atoms with Crippen LogP contribution in [0.4, 0.5) is 14.5 Å². The van der Waals surface area contributed by atoms with E-state index >= 15 is 0 Å². The summed E-state index contributed by atoms with van der Waals surface area (Å²) in [5.41, 5.74) is 0.300. The average Bonchev–Trinajstić information content (AvgIpc) is 3.05. The molecule has 3 N–H and O–H groups in total. The van der Waals surface area contributed by atoms with Crippen molar-refractivity contribution in [2.45, 2.75) is 44.0 Å². The maximum Gasteiger partial charge on any atom is 0.254 e. The number of benzene rings is 1. The zero-order valence-corrected chi connectivity index (χ0v) is 16.9. The molecule has 0 spiro atoms. The van der Waals surface area contributed by atoms with E-state index < -0.39 is 47.9 Å². The Balaban J connectivity index is 1.86. The minimum Gasteiger partial charge on any atom is -0.493 e. The Bertz CT molecular complexity index is 920. The van der Waals surface area contributed by atoms with Crippen molar-refractivity contribution < 1.29 is 33.3 Å². The monoisotopic (exact) mass is 422 g/mol. The summed E-state index contributed by atoms with van der Waals surface area (Å²) in [6.45, 7) is 3.15. The molecule has 1 aromatic carbocycles. The van der Waals surface area contributed by atoms with Crippen molar-refractivity contribution in [1.82, 2.24) is 4.98 Å². The molecular formula is C21H24F2N2O5. The van der Waals surface area contributed by atoms with E-state index in [0.717, 1.165) is 6.07 Å². The van der Waals surface area contributed by atoms with E-state index in [2.05, 4.69) is 10.3 Å². The first-order valence-electron chi connectivity index (χ1n) is 9.42. The molecule has 162 valence electrons. The number of nitrogens with one attached hydrogen (secondary N) is 1. The highest BCUT2D eigenvalue weighted by Crippen LogP contribution is 2.45. The fourth-order valence-electron chi connectivity index (χ4n) is 3.65. The lowest BCUT2D eigenvalue weighted by Crippen LogP contribution is -2.33. The molecule has 1 aromatic heterocycles. The average molecular weight is 422 g/mol. The molecule has 1 aliphatic heterocycles. The maximum absolute atomic E-state index is 14.2. The number of anilines is 1. The number of hydrogen-bond acceptors (Lipinski definition) is 6. The lowest BCUT2D eigenvalue weighted by atomic mass is 9.86. The zero-order valence-electron chi connectivity index (χ0n) is 16.9. The molecule has 2 aromatic rings. The van der Waals surface area contributed by atoms with Crippen LogP contribution in [-0.4, -0.2) is 46.5 Å². The first kappa shape index (κ1) is 22.1. The van der Waals surface area contributed by atoms with Gasteiger partial charge in [0.2, 0.25) is 5.82 Å². The normalized spacial score (nSPS) is 21.3. The van der Waals surface area contributed by atoms with Gasteiger partial charge < -0.3 is 25.0 Å². The summed E-state index contributed by atoms with van der Waals surface area (Å²) >= 11 is 0. The number of carbonyl (C=O) groups excluding carboxylic acids is 1. The molecule has 30 heavy (non-hydrogen) atoms. The molecule has 2 heterocycles. The summed E-state index contributed by atoms with van der Waals surface area (Å²) in [7, 11) is 1.24. The number of aliphatic hydroxyl groups excluding tert-OH is 2. The quantitative estimate of drug-likeness (QED) is 0.662. The first-order chi connectivity index (χ1) is 14.2. The highest BCUT2D eigenvalue weighted by atomic mass is 19.2. The number of nitrogens with zero attached hydrogens (tertiary/aromatic N) is 1. The van der Waals surface area contributed by atoms with E-state index in [1.807, 2.05) is 13.8 Å². The molecule has 3 rings (SSSR count). The van der Waals surface area contributed by atoms with Crippen molar-refractivity contribution >= 4 is 11.6 Å². The van der Waals surface area contributed by atoms with Crippen LogP contribution >= 0.6 is 0 Å². The van der Waals surface area contributed by atoms with Crippen LogP contribution in [0.1, 0.15) is 43.5 Å². The minimum absolute atomic E-state index is 0.247. The predicted molar refractivity (Wildman–Crippen MR) is 104 cm³/mol. The van der Waals surface area contributed by atoms with Gasteiger partial charge in [-0.15, -0.1) is 0 Å². The van der Waals surface area contributed by atoms with Crippen molar-refractivity contribution in [3.63, 3.8) is 0 Å². The van der Waals surface area contributed by atoms with Gasteiger partial charge in [-0.2, -0.15) is 4.39 Å². The highest BCUT2D eigenvalue weighted by molar-refractivity contribution is 5.95. The van der Waals surface area contributed by atoms with Crippen molar-refractivity contribution in [2.24, 2.45) is 0 Å². The summed E-state index contributed by atoms with van der Waals surface area (Å²) < 4.78 is 38.9. The zero-order chi connectivity index (χ0) is 22.1. The summed E-state index contributed by atoms with van der Waals surface area (Å²) in [5, 5.41) is 21.3. The van der Waals surface area contributed by atoms with Gasteiger partial charge in [0, 0.05) is 11.5 Å². The van der Waals surface area contributed by atoms with E-state index in [9.17, 15) is 18.7 Å².